The molecule has 6 heteroatoms. The predicted octanol–water partition coefficient (Wildman–Crippen LogP) is 1.93. The molecule has 1 saturated heterocycles. The van der Waals surface area contributed by atoms with Gasteiger partial charge in [0.05, 0.1) is 12.2 Å². The second-order valence-corrected chi connectivity index (χ2v) is 7.94. The zero-order valence-electron chi connectivity index (χ0n) is 15.2. The first-order valence-corrected chi connectivity index (χ1v) is 9.95. The Morgan fingerprint density at radius 2 is 1.73 bits per heavy atom. The van der Waals surface area contributed by atoms with Crippen molar-refractivity contribution in [3.05, 3.63) is 45.3 Å². The van der Waals surface area contributed by atoms with Gasteiger partial charge in [-0.2, -0.15) is 5.10 Å². The largest absolute Gasteiger partial charge is 0.355 e. The van der Waals surface area contributed by atoms with Crippen LogP contribution in [0.25, 0.3) is 0 Å². The molecule has 0 bridgehead atoms. The van der Waals surface area contributed by atoms with Crippen LogP contribution in [0, 0.1) is 5.92 Å². The molecule has 0 saturated carbocycles. The average Bonchev–Trinajstić information content (AvgIpc) is 2.64. The fourth-order valence-corrected chi connectivity index (χ4v) is 4.61. The Balaban J connectivity index is 1.29. The van der Waals surface area contributed by atoms with Gasteiger partial charge in [0.15, 0.2) is 0 Å². The van der Waals surface area contributed by atoms with E-state index in [0.717, 1.165) is 56.8 Å². The minimum absolute atomic E-state index is 0.0588. The number of fused-ring (bicyclic) bond motifs is 2. The summed E-state index contributed by atoms with van der Waals surface area (Å²) in [6.45, 7) is 2.62. The lowest BCUT2D eigenvalue weighted by molar-refractivity contribution is 0.329. The summed E-state index contributed by atoms with van der Waals surface area (Å²) in [5.74, 6) is 1.59. The van der Waals surface area contributed by atoms with E-state index in [1.54, 1.807) is 11.0 Å². The van der Waals surface area contributed by atoms with Crippen molar-refractivity contribution in [2.75, 3.05) is 18.0 Å². The summed E-state index contributed by atoms with van der Waals surface area (Å²) in [7, 11) is 0. The van der Waals surface area contributed by atoms with Gasteiger partial charge in [-0.25, -0.2) is 14.6 Å². The van der Waals surface area contributed by atoms with Crippen LogP contribution < -0.4 is 10.5 Å². The van der Waals surface area contributed by atoms with E-state index in [9.17, 15) is 4.79 Å². The minimum Gasteiger partial charge on any atom is -0.355 e. The molecule has 2 aromatic heterocycles. The van der Waals surface area contributed by atoms with Gasteiger partial charge in [-0.05, 0) is 56.9 Å². The highest BCUT2D eigenvalue weighted by atomic mass is 16.1. The van der Waals surface area contributed by atoms with Crippen molar-refractivity contribution in [3.8, 4) is 0 Å². The highest BCUT2D eigenvalue weighted by Crippen LogP contribution is 2.31. The van der Waals surface area contributed by atoms with E-state index >= 15 is 0 Å². The van der Waals surface area contributed by atoms with Gasteiger partial charge in [0.1, 0.15) is 12.1 Å². The second kappa shape index (κ2) is 6.49. The SMILES string of the molecule is O=c1cc2c(nn1CC1CN(c3ncnc4c3CCCC4)C1)CCCC2. The van der Waals surface area contributed by atoms with Crippen molar-refractivity contribution in [2.24, 2.45) is 5.92 Å². The Hall–Kier alpha value is -2.24. The quantitative estimate of drug-likeness (QED) is 0.845. The van der Waals surface area contributed by atoms with Gasteiger partial charge in [0.2, 0.25) is 0 Å². The van der Waals surface area contributed by atoms with Crippen LogP contribution >= 0.6 is 0 Å². The molecule has 5 rings (SSSR count). The summed E-state index contributed by atoms with van der Waals surface area (Å²) in [4.78, 5) is 23.8. The van der Waals surface area contributed by atoms with Crippen LogP contribution in [-0.2, 0) is 32.2 Å². The maximum atomic E-state index is 12.4. The van der Waals surface area contributed by atoms with Crippen molar-refractivity contribution < 1.29 is 0 Å². The van der Waals surface area contributed by atoms with Crippen molar-refractivity contribution in [2.45, 2.75) is 57.9 Å². The molecule has 2 aliphatic carbocycles. The Bertz CT molecular complexity index is 884. The summed E-state index contributed by atoms with van der Waals surface area (Å²) >= 11 is 0. The van der Waals surface area contributed by atoms with Gasteiger partial charge in [-0.15, -0.1) is 0 Å². The molecule has 0 spiro atoms. The number of nitrogens with zero attached hydrogens (tertiary/aromatic N) is 5. The monoisotopic (exact) mass is 351 g/mol. The van der Waals surface area contributed by atoms with Crippen LogP contribution in [-0.4, -0.2) is 32.8 Å². The molecule has 26 heavy (non-hydrogen) atoms. The Morgan fingerprint density at radius 3 is 2.62 bits per heavy atom. The summed E-state index contributed by atoms with van der Waals surface area (Å²) in [5.41, 5.74) is 4.94. The van der Waals surface area contributed by atoms with Gasteiger partial charge in [-0.3, -0.25) is 4.79 Å². The van der Waals surface area contributed by atoms with Crippen molar-refractivity contribution >= 4 is 5.82 Å². The molecular weight excluding hydrogens is 326 g/mol. The zero-order chi connectivity index (χ0) is 17.5. The number of hydrogen-bond donors (Lipinski definition) is 0. The third kappa shape index (κ3) is 2.81. The lowest BCUT2D eigenvalue weighted by Crippen LogP contribution is -2.50. The highest BCUT2D eigenvalue weighted by molar-refractivity contribution is 5.51. The predicted molar refractivity (Wildman–Crippen MR) is 99.5 cm³/mol. The van der Waals surface area contributed by atoms with E-state index in [1.165, 1.54) is 42.5 Å². The van der Waals surface area contributed by atoms with Gasteiger partial charge in [-0.1, -0.05) is 0 Å². The number of aromatic nitrogens is 4. The molecule has 136 valence electrons. The molecule has 0 radical (unpaired) electrons. The number of aryl methyl sites for hydroxylation is 3. The molecule has 0 aromatic carbocycles. The first kappa shape index (κ1) is 16.0. The van der Waals surface area contributed by atoms with Gasteiger partial charge in [0, 0.05) is 36.3 Å². The Labute approximate surface area is 153 Å². The van der Waals surface area contributed by atoms with Crippen molar-refractivity contribution in [3.63, 3.8) is 0 Å². The maximum Gasteiger partial charge on any atom is 0.267 e. The highest BCUT2D eigenvalue weighted by Gasteiger charge is 2.31. The Morgan fingerprint density at radius 1 is 0.962 bits per heavy atom. The fourth-order valence-electron chi connectivity index (χ4n) is 4.61. The van der Waals surface area contributed by atoms with Crippen LogP contribution in [0.3, 0.4) is 0 Å². The van der Waals surface area contributed by atoms with Crippen LogP contribution in [0.4, 0.5) is 5.82 Å². The normalized spacial score (nSPS) is 19.6. The van der Waals surface area contributed by atoms with E-state index in [-0.39, 0.29) is 5.56 Å². The van der Waals surface area contributed by atoms with Crippen LogP contribution in [0.5, 0.6) is 0 Å². The minimum atomic E-state index is 0.0588. The molecule has 6 nitrogen and oxygen atoms in total. The van der Waals surface area contributed by atoms with Gasteiger partial charge in [0.25, 0.3) is 5.56 Å². The molecule has 3 aliphatic rings. The fraction of sp³-hybridized carbons (Fsp3) is 0.600. The van der Waals surface area contributed by atoms with E-state index in [1.807, 2.05) is 6.07 Å². The molecule has 1 fully saturated rings. The van der Waals surface area contributed by atoms with Crippen LogP contribution in [0.15, 0.2) is 17.2 Å². The lowest BCUT2D eigenvalue weighted by atomic mass is 9.93. The third-order valence-corrected chi connectivity index (χ3v) is 6.06. The van der Waals surface area contributed by atoms with E-state index < -0.39 is 0 Å². The summed E-state index contributed by atoms with van der Waals surface area (Å²) in [5, 5.41) is 4.66. The summed E-state index contributed by atoms with van der Waals surface area (Å²) in [6.07, 6.45) is 10.7. The Kier molecular flexibility index (Phi) is 3.98. The van der Waals surface area contributed by atoms with E-state index in [0.29, 0.717) is 5.92 Å². The molecule has 2 aromatic rings. The van der Waals surface area contributed by atoms with Crippen molar-refractivity contribution in [1.29, 1.82) is 0 Å². The molecule has 0 unspecified atom stereocenters. The van der Waals surface area contributed by atoms with Gasteiger partial charge >= 0.3 is 0 Å². The molecule has 3 heterocycles. The van der Waals surface area contributed by atoms with E-state index in [4.69, 9.17) is 0 Å². The maximum absolute atomic E-state index is 12.4. The first-order chi connectivity index (χ1) is 12.8. The molecule has 0 amide bonds. The van der Waals surface area contributed by atoms with Crippen LogP contribution in [0.2, 0.25) is 0 Å². The molecule has 0 N–H and O–H groups in total. The number of hydrogen-bond acceptors (Lipinski definition) is 5. The first-order valence-electron chi connectivity index (χ1n) is 9.95. The van der Waals surface area contributed by atoms with Crippen LogP contribution in [0.1, 0.15) is 48.2 Å². The standard InChI is InChI=1S/C20H25N5O/c26-19-9-15-5-1-3-7-17(15)23-25(19)12-14-10-24(11-14)20-16-6-2-4-8-18(16)21-13-22-20/h9,13-14H,1-8,10-12H2. The zero-order valence-corrected chi connectivity index (χ0v) is 15.2. The summed E-state index contributed by atoms with van der Waals surface area (Å²) in [6, 6.07) is 1.82. The third-order valence-electron chi connectivity index (χ3n) is 6.06. The number of rotatable bonds is 3. The number of anilines is 1. The molecule has 0 atom stereocenters. The second-order valence-electron chi connectivity index (χ2n) is 7.94. The lowest BCUT2D eigenvalue weighted by Gasteiger charge is -2.41. The smallest absolute Gasteiger partial charge is 0.267 e. The molecular formula is C20H25N5O. The average molecular weight is 351 g/mol. The van der Waals surface area contributed by atoms with E-state index in [2.05, 4.69) is 20.0 Å². The van der Waals surface area contributed by atoms with Gasteiger partial charge < -0.3 is 4.90 Å². The topological polar surface area (TPSA) is 63.9 Å². The summed E-state index contributed by atoms with van der Waals surface area (Å²) < 4.78 is 1.70. The molecule has 1 aliphatic heterocycles. The van der Waals surface area contributed by atoms with Crippen molar-refractivity contribution in [1.82, 2.24) is 19.7 Å².